The van der Waals surface area contributed by atoms with Crippen molar-refractivity contribution in [2.45, 2.75) is 25.4 Å². The van der Waals surface area contributed by atoms with Gasteiger partial charge in [0.2, 0.25) is 0 Å². The van der Waals surface area contributed by atoms with Gasteiger partial charge < -0.3 is 10.1 Å². The zero-order chi connectivity index (χ0) is 18.8. The van der Waals surface area contributed by atoms with E-state index in [1.54, 1.807) is 0 Å². The molecule has 0 atom stereocenters. The number of nitrogens with one attached hydrogen (secondary N) is 1. The number of carbonyl (C=O) groups excluding carboxylic acids is 1. The molecule has 3 aromatic rings. The quantitative estimate of drug-likeness (QED) is 0.720. The maximum atomic E-state index is 12.5. The van der Waals surface area contributed by atoms with Crippen LogP contribution < -0.4 is 10.1 Å². The van der Waals surface area contributed by atoms with Crippen LogP contribution in [0.4, 0.5) is 5.82 Å². The van der Waals surface area contributed by atoms with E-state index in [1.165, 1.54) is 5.56 Å². The number of aromatic nitrogens is 2. The van der Waals surface area contributed by atoms with Crippen molar-refractivity contribution < 1.29 is 9.53 Å². The van der Waals surface area contributed by atoms with Crippen LogP contribution in [0.2, 0.25) is 0 Å². The van der Waals surface area contributed by atoms with Crippen molar-refractivity contribution in [1.29, 1.82) is 0 Å². The van der Waals surface area contributed by atoms with Crippen LogP contribution >= 0.6 is 11.8 Å². The molecule has 0 saturated carbocycles. The summed E-state index contributed by atoms with van der Waals surface area (Å²) in [7, 11) is 0. The molecule has 1 aliphatic heterocycles. The summed E-state index contributed by atoms with van der Waals surface area (Å²) < 4.78 is 7.46. The molecule has 0 aliphatic carbocycles. The Labute approximate surface area is 162 Å². The van der Waals surface area contributed by atoms with Gasteiger partial charge in [0.15, 0.2) is 6.61 Å². The van der Waals surface area contributed by atoms with Gasteiger partial charge in [0.1, 0.15) is 11.6 Å². The lowest BCUT2D eigenvalue weighted by Crippen LogP contribution is -2.22. The molecule has 138 valence electrons. The number of aryl methyl sites for hydroxylation is 2. The Morgan fingerprint density at radius 1 is 1.15 bits per heavy atom. The first-order chi connectivity index (χ1) is 13.1. The Balaban J connectivity index is 1.54. The number of carbonyl (C=O) groups is 1. The molecule has 1 N–H and O–H groups in total. The first-order valence-electron chi connectivity index (χ1n) is 8.85. The maximum Gasteiger partial charge on any atom is 0.263 e. The van der Waals surface area contributed by atoms with Crippen LogP contribution in [0.3, 0.4) is 0 Å². The summed E-state index contributed by atoms with van der Waals surface area (Å²) in [6.45, 7) is 4.01. The van der Waals surface area contributed by atoms with E-state index in [-0.39, 0.29) is 12.5 Å². The number of rotatable bonds is 5. The molecule has 0 unspecified atom stereocenters. The molecule has 0 radical (unpaired) electrons. The minimum absolute atomic E-state index is 0.0373. The smallest absolute Gasteiger partial charge is 0.263 e. The van der Waals surface area contributed by atoms with Crippen LogP contribution in [0.5, 0.6) is 5.75 Å². The molecule has 0 spiro atoms. The van der Waals surface area contributed by atoms with Crippen LogP contribution in [0, 0.1) is 13.8 Å². The van der Waals surface area contributed by atoms with Crippen molar-refractivity contribution in [2.75, 3.05) is 11.9 Å². The van der Waals surface area contributed by atoms with E-state index in [0.29, 0.717) is 5.75 Å². The Morgan fingerprint density at radius 2 is 1.96 bits per heavy atom. The molecule has 6 heteroatoms. The van der Waals surface area contributed by atoms with Gasteiger partial charge in [-0.25, -0.2) is 4.68 Å². The number of benzene rings is 2. The van der Waals surface area contributed by atoms with Crippen LogP contribution in [-0.2, 0) is 16.3 Å². The van der Waals surface area contributed by atoms with Gasteiger partial charge in [-0.2, -0.15) is 16.9 Å². The van der Waals surface area contributed by atoms with Gasteiger partial charge in [-0.05, 0) is 43.7 Å². The zero-order valence-electron chi connectivity index (χ0n) is 15.4. The molecular weight excluding hydrogens is 358 g/mol. The average Bonchev–Trinajstić information content (AvgIpc) is 3.24. The average molecular weight is 379 g/mol. The van der Waals surface area contributed by atoms with Gasteiger partial charge in [-0.15, -0.1) is 0 Å². The lowest BCUT2D eigenvalue weighted by atomic mass is 10.2. The van der Waals surface area contributed by atoms with Crippen molar-refractivity contribution in [2.24, 2.45) is 0 Å². The number of anilines is 1. The highest BCUT2D eigenvalue weighted by atomic mass is 32.2. The van der Waals surface area contributed by atoms with Gasteiger partial charge in [-0.3, -0.25) is 4.79 Å². The second kappa shape index (κ2) is 7.48. The topological polar surface area (TPSA) is 56.2 Å². The molecule has 4 rings (SSSR count). The zero-order valence-corrected chi connectivity index (χ0v) is 16.2. The third kappa shape index (κ3) is 3.85. The normalized spacial score (nSPS) is 12.7. The predicted molar refractivity (Wildman–Crippen MR) is 109 cm³/mol. The summed E-state index contributed by atoms with van der Waals surface area (Å²) >= 11 is 1.81. The fraction of sp³-hybridized carbons (Fsp3) is 0.238. The van der Waals surface area contributed by atoms with E-state index in [1.807, 2.05) is 71.9 Å². The second-order valence-electron chi connectivity index (χ2n) is 6.67. The highest BCUT2D eigenvalue weighted by Gasteiger charge is 2.24. The number of hydrogen-bond acceptors (Lipinski definition) is 4. The van der Waals surface area contributed by atoms with Crippen molar-refractivity contribution in [3.05, 3.63) is 70.9 Å². The number of hydrogen-bond donors (Lipinski definition) is 1. The molecule has 5 nitrogen and oxygen atoms in total. The summed E-state index contributed by atoms with van der Waals surface area (Å²) in [6.07, 6.45) is 0. The van der Waals surface area contributed by atoms with Gasteiger partial charge >= 0.3 is 0 Å². The molecule has 0 saturated heterocycles. The number of fused-ring (bicyclic) bond motifs is 1. The van der Waals surface area contributed by atoms with Crippen molar-refractivity contribution in [3.8, 4) is 11.4 Å². The molecule has 1 amide bonds. The van der Waals surface area contributed by atoms with Gasteiger partial charge in [0.25, 0.3) is 5.91 Å². The van der Waals surface area contributed by atoms with E-state index in [0.717, 1.165) is 39.8 Å². The van der Waals surface area contributed by atoms with Crippen molar-refractivity contribution >= 4 is 23.5 Å². The van der Waals surface area contributed by atoms with E-state index < -0.39 is 0 Å². The SMILES string of the molecule is Cc1ccc(-n2nc3c(c2NC(=O)COc2cccc(C)c2)CSC3)cc1. The summed E-state index contributed by atoms with van der Waals surface area (Å²) in [5.41, 5.74) is 5.36. The lowest BCUT2D eigenvalue weighted by molar-refractivity contribution is -0.118. The fourth-order valence-corrected chi connectivity index (χ4v) is 4.07. The monoisotopic (exact) mass is 379 g/mol. The Morgan fingerprint density at radius 3 is 2.74 bits per heavy atom. The molecule has 1 aliphatic rings. The van der Waals surface area contributed by atoms with E-state index in [2.05, 4.69) is 12.2 Å². The summed E-state index contributed by atoms with van der Waals surface area (Å²) in [6, 6.07) is 15.8. The van der Waals surface area contributed by atoms with Crippen LogP contribution in [0.25, 0.3) is 5.69 Å². The summed E-state index contributed by atoms with van der Waals surface area (Å²) in [5, 5.41) is 7.73. The summed E-state index contributed by atoms with van der Waals surface area (Å²) in [5.74, 6) is 2.98. The number of amides is 1. The molecule has 27 heavy (non-hydrogen) atoms. The Hall–Kier alpha value is -2.73. The van der Waals surface area contributed by atoms with Crippen molar-refractivity contribution in [3.63, 3.8) is 0 Å². The Bertz CT molecular complexity index is 980. The highest BCUT2D eigenvalue weighted by Crippen LogP contribution is 2.36. The van der Waals surface area contributed by atoms with Crippen LogP contribution in [0.15, 0.2) is 48.5 Å². The van der Waals surface area contributed by atoms with E-state index in [4.69, 9.17) is 9.84 Å². The summed E-state index contributed by atoms with van der Waals surface area (Å²) in [4.78, 5) is 12.5. The number of thioether (sulfide) groups is 1. The van der Waals surface area contributed by atoms with E-state index >= 15 is 0 Å². The van der Waals surface area contributed by atoms with Crippen LogP contribution in [0.1, 0.15) is 22.4 Å². The minimum Gasteiger partial charge on any atom is -0.484 e. The number of nitrogens with zero attached hydrogens (tertiary/aromatic N) is 2. The molecule has 2 aromatic carbocycles. The predicted octanol–water partition coefficient (Wildman–Crippen LogP) is 4.25. The molecule has 0 fully saturated rings. The van der Waals surface area contributed by atoms with Gasteiger partial charge in [0.05, 0.1) is 11.4 Å². The Kier molecular flexibility index (Phi) is 4.90. The van der Waals surface area contributed by atoms with Gasteiger partial charge in [-0.1, -0.05) is 29.8 Å². The lowest BCUT2D eigenvalue weighted by Gasteiger charge is -2.12. The molecule has 1 aromatic heterocycles. The third-order valence-electron chi connectivity index (χ3n) is 4.45. The van der Waals surface area contributed by atoms with Gasteiger partial charge in [0, 0.05) is 17.1 Å². The highest BCUT2D eigenvalue weighted by molar-refractivity contribution is 7.98. The van der Waals surface area contributed by atoms with Crippen molar-refractivity contribution in [1.82, 2.24) is 9.78 Å². The first-order valence-corrected chi connectivity index (χ1v) is 10.0. The maximum absolute atomic E-state index is 12.5. The number of ether oxygens (including phenoxy) is 1. The second-order valence-corrected chi connectivity index (χ2v) is 7.65. The molecule has 2 heterocycles. The fourth-order valence-electron chi connectivity index (χ4n) is 3.04. The molecule has 0 bridgehead atoms. The van der Waals surface area contributed by atoms with E-state index in [9.17, 15) is 4.79 Å². The molecular formula is C21H21N3O2S. The van der Waals surface area contributed by atoms with Crippen LogP contribution in [-0.4, -0.2) is 22.3 Å². The first kappa shape index (κ1) is 17.7. The largest absolute Gasteiger partial charge is 0.484 e. The minimum atomic E-state index is -0.190. The standard InChI is InChI=1S/C21H21N3O2S/c1-14-6-8-16(9-7-14)24-21(18-12-27-13-19(18)23-24)22-20(25)11-26-17-5-3-4-15(2)10-17/h3-10H,11-13H2,1-2H3,(H,22,25). The third-order valence-corrected chi connectivity index (χ3v) is 5.42.